The molecule has 0 atom stereocenters. The highest BCUT2D eigenvalue weighted by Gasteiger charge is 2.20. The highest BCUT2D eigenvalue weighted by Crippen LogP contribution is 2.45. The lowest BCUT2D eigenvalue weighted by molar-refractivity contribution is 1.28. The maximum atomic E-state index is 2.36. The Morgan fingerprint density at radius 3 is 1.25 bits per heavy atom. The highest BCUT2D eigenvalue weighted by atomic mass is 15.1. The van der Waals surface area contributed by atoms with Gasteiger partial charge < -0.3 is 4.90 Å². The zero-order valence-corrected chi connectivity index (χ0v) is 32.6. The normalized spacial score (nSPS) is 11.1. The number of rotatable bonds is 9. The van der Waals surface area contributed by atoms with E-state index in [9.17, 15) is 0 Å². The second-order valence-corrected chi connectivity index (χ2v) is 14.9. The average Bonchev–Trinajstić information content (AvgIpc) is 3.32. The van der Waals surface area contributed by atoms with Crippen molar-refractivity contribution >= 4 is 27.8 Å². The summed E-state index contributed by atoms with van der Waals surface area (Å²) in [5.41, 5.74) is 17.6. The molecule has 0 aliphatic heterocycles. The van der Waals surface area contributed by atoms with Crippen molar-refractivity contribution in [1.82, 2.24) is 0 Å². The van der Waals surface area contributed by atoms with Crippen LogP contribution < -0.4 is 4.90 Å². The van der Waals surface area contributed by atoms with Crippen LogP contribution in [0.1, 0.15) is 0 Å². The fraction of sp³-hybridized carbons (Fsp3) is 0. The second kappa shape index (κ2) is 16.0. The molecule has 0 aliphatic rings. The molecule has 0 radical (unpaired) electrons. The molecule has 0 aromatic heterocycles. The molecule has 278 valence electrons. The average molecular weight is 752 g/mol. The van der Waals surface area contributed by atoms with Crippen LogP contribution in [0.5, 0.6) is 0 Å². The molecule has 0 spiro atoms. The predicted octanol–water partition coefficient (Wildman–Crippen LogP) is 16.3. The van der Waals surface area contributed by atoms with Crippen LogP contribution in [0.25, 0.3) is 77.5 Å². The van der Waals surface area contributed by atoms with Crippen molar-refractivity contribution in [3.63, 3.8) is 0 Å². The highest BCUT2D eigenvalue weighted by molar-refractivity contribution is 5.99. The molecule has 1 nitrogen and oxygen atoms in total. The van der Waals surface area contributed by atoms with Crippen LogP contribution in [0.3, 0.4) is 0 Å². The summed E-state index contributed by atoms with van der Waals surface area (Å²) in [5, 5.41) is 2.53. The Hall–Kier alpha value is -7.74. The van der Waals surface area contributed by atoms with Gasteiger partial charge in [-0.05, 0) is 126 Å². The Balaban J connectivity index is 1.07. The Labute approximate surface area is 346 Å². The van der Waals surface area contributed by atoms with Crippen LogP contribution in [0.15, 0.2) is 249 Å². The number of para-hydroxylation sites is 1. The quantitative estimate of drug-likeness (QED) is 0.142. The number of anilines is 3. The molecule has 0 bridgehead atoms. The fourth-order valence-electron chi connectivity index (χ4n) is 8.39. The van der Waals surface area contributed by atoms with Gasteiger partial charge in [-0.15, -0.1) is 0 Å². The zero-order chi connectivity index (χ0) is 39.4. The number of fused-ring (bicyclic) bond motifs is 1. The minimum absolute atomic E-state index is 1.09. The first-order valence-electron chi connectivity index (χ1n) is 20.3. The molecule has 10 aromatic carbocycles. The van der Waals surface area contributed by atoms with Crippen molar-refractivity contribution in [1.29, 1.82) is 0 Å². The van der Waals surface area contributed by atoms with E-state index >= 15 is 0 Å². The third kappa shape index (κ3) is 7.23. The number of hydrogen-bond donors (Lipinski definition) is 0. The first-order chi connectivity index (χ1) is 29.3. The van der Waals surface area contributed by atoms with Crippen molar-refractivity contribution in [2.24, 2.45) is 0 Å². The first-order valence-corrected chi connectivity index (χ1v) is 20.3. The van der Waals surface area contributed by atoms with E-state index in [-0.39, 0.29) is 0 Å². The SMILES string of the molecule is c1ccc(-c2cc(-c3ccccc3)c(-c3cccc(N(c4ccccc4)c4ccc(-c5ccc(-c6cccc7ccccc67)cc5)cc4)c3)c(-c3ccccc3)c2)cc1. The van der Waals surface area contributed by atoms with E-state index < -0.39 is 0 Å². The fourth-order valence-corrected chi connectivity index (χ4v) is 8.39. The number of benzene rings is 10. The molecule has 0 unspecified atom stereocenters. The van der Waals surface area contributed by atoms with Crippen LogP contribution >= 0.6 is 0 Å². The lowest BCUT2D eigenvalue weighted by atomic mass is 9.84. The summed E-state index contributed by atoms with van der Waals surface area (Å²) in [6, 6.07) is 89.8. The van der Waals surface area contributed by atoms with Crippen LogP contribution in [0.2, 0.25) is 0 Å². The number of hydrogen-bond acceptors (Lipinski definition) is 1. The summed E-state index contributed by atoms with van der Waals surface area (Å²) in [7, 11) is 0. The monoisotopic (exact) mass is 751 g/mol. The van der Waals surface area contributed by atoms with Gasteiger partial charge in [0.1, 0.15) is 0 Å². The summed E-state index contributed by atoms with van der Waals surface area (Å²) < 4.78 is 0. The third-order valence-electron chi connectivity index (χ3n) is 11.3. The van der Waals surface area contributed by atoms with Gasteiger partial charge >= 0.3 is 0 Å². The largest absolute Gasteiger partial charge is 0.310 e. The molecule has 1 heteroatoms. The van der Waals surface area contributed by atoms with Crippen LogP contribution in [-0.4, -0.2) is 0 Å². The first kappa shape index (κ1) is 35.7. The van der Waals surface area contributed by atoms with E-state index in [2.05, 4.69) is 254 Å². The molecule has 0 heterocycles. The Morgan fingerprint density at radius 1 is 0.220 bits per heavy atom. The molecule has 0 saturated carbocycles. The summed E-state index contributed by atoms with van der Waals surface area (Å²) >= 11 is 0. The van der Waals surface area contributed by atoms with E-state index in [4.69, 9.17) is 0 Å². The summed E-state index contributed by atoms with van der Waals surface area (Å²) in [4.78, 5) is 2.36. The molecule has 0 saturated heterocycles. The lowest BCUT2D eigenvalue weighted by Crippen LogP contribution is -2.10. The van der Waals surface area contributed by atoms with Crippen molar-refractivity contribution in [3.8, 4) is 66.8 Å². The second-order valence-electron chi connectivity index (χ2n) is 14.9. The van der Waals surface area contributed by atoms with E-state index in [1.54, 1.807) is 0 Å². The Bertz CT molecular complexity index is 2920. The van der Waals surface area contributed by atoms with E-state index in [0.717, 1.165) is 22.6 Å². The maximum Gasteiger partial charge on any atom is 0.0467 e. The molecule has 0 fully saturated rings. The minimum atomic E-state index is 1.09. The summed E-state index contributed by atoms with van der Waals surface area (Å²) in [6.45, 7) is 0. The zero-order valence-electron chi connectivity index (χ0n) is 32.6. The van der Waals surface area contributed by atoms with E-state index in [0.29, 0.717) is 0 Å². The summed E-state index contributed by atoms with van der Waals surface area (Å²) in [6.07, 6.45) is 0. The van der Waals surface area contributed by atoms with E-state index in [1.165, 1.54) is 72.0 Å². The van der Waals surface area contributed by atoms with Gasteiger partial charge in [-0.2, -0.15) is 0 Å². The van der Waals surface area contributed by atoms with Crippen molar-refractivity contribution in [2.45, 2.75) is 0 Å². The molecular formula is C58H41N. The van der Waals surface area contributed by atoms with Crippen molar-refractivity contribution < 1.29 is 0 Å². The predicted molar refractivity (Wildman–Crippen MR) is 251 cm³/mol. The molecule has 0 amide bonds. The van der Waals surface area contributed by atoms with Crippen LogP contribution in [-0.2, 0) is 0 Å². The molecule has 0 N–H and O–H groups in total. The molecule has 59 heavy (non-hydrogen) atoms. The van der Waals surface area contributed by atoms with Crippen molar-refractivity contribution in [3.05, 3.63) is 249 Å². The van der Waals surface area contributed by atoms with Crippen LogP contribution in [0.4, 0.5) is 17.1 Å². The van der Waals surface area contributed by atoms with Gasteiger partial charge in [0.15, 0.2) is 0 Å². The smallest absolute Gasteiger partial charge is 0.0467 e. The van der Waals surface area contributed by atoms with Crippen molar-refractivity contribution in [2.75, 3.05) is 4.90 Å². The maximum absolute atomic E-state index is 2.36. The van der Waals surface area contributed by atoms with Crippen LogP contribution in [0, 0.1) is 0 Å². The lowest BCUT2D eigenvalue weighted by Gasteiger charge is -2.27. The Kier molecular flexibility index (Phi) is 9.68. The Morgan fingerprint density at radius 2 is 0.627 bits per heavy atom. The molecule has 10 aromatic rings. The van der Waals surface area contributed by atoms with Gasteiger partial charge in [0, 0.05) is 17.1 Å². The topological polar surface area (TPSA) is 3.24 Å². The minimum Gasteiger partial charge on any atom is -0.310 e. The standard InChI is InChI=1S/C58H41N/c1-5-17-42(18-6-1)50-40-56(46-19-7-2-8-20-46)58(57(41-50)47-21-9-3-10-22-47)49-25-15-28-53(39-49)59(51-26-11-4-12-27-51)52-37-35-44(36-38-52)43-31-33-48(34-32-43)55-30-16-24-45-23-13-14-29-54(45)55/h1-41H. The van der Waals surface area contributed by atoms with Gasteiger partial charge in [-0.3, -0.25) is 0 Å². The molecule has 0 aliphatic carbocycles. The van der Waals surface area contributed by atoms with Gasteiger partial charge in [0.2, 0.25) is 0 Å². The van der Waals surface area contributed by atoms with Gasteiger partial charge in [-0.1, -0.05) is 200 Å². The van der Waals surface area contributed by atoms with Gasteiger partial charge in [-0.25, -0.2) is 0 Å². The summed E-state index contributed by atoms with van der Waals surface area (Å²) in [5.74, 6) is 0. The van der Waals surface area contributed by atoms with Gasteiger partial charge in [0.05, 0.1) is 0 Å². The van der Waals surface area contributed by atoms with Gasteiger partial charge in [0.25, 0.3) is 0 Å². The number of nitrogens with zero attached hydrogens (tertiary/aromatic N) is 1. The molecule has 10 rings (SSSR count). The van der Waals surface area contributed by atoms with E-state index in [1.807, 2.05) is 0 Å². The third-order valence-corrected chi connectivity index (χ3v) is 11.3. The molecular weight excluding hydrogens is 711 g/mol.